The molecule has 5 nitrogen and oxygen atoms in total. The Hall–Kier alpha value is -2.44. The van der Waals surface area contributed by atoms with Crippen molar-refractivity contribution in [2.24, 2.45) is 4.99 Å². The summed E-state index contributed by atoms with van der Waals surface area (Å²) in [7, 11) is 0. The molecule has 156 valence electrons. The molecule has 0 atom stereocenters. The van der Waals surface area contributed by atoms with Crippen molar-refractivity contribution in [3.05, 3.63) is 59.1 Å². The molecule has 0 unspecified atom stereocenters. The number of amidine groups is 1. The van der Waals surface area contributed by atoms with E-state index in [9.17, 15) is 4.79 Å². The minimum absolute atomic E-state index is 0.306. The van der Waals surface area contributed by atoms with Crippen LogP contribution in [-0.4, -0.2) is 29.1 Å². The maximum atomic E-state index is 11.9. The zero-order chi connectivity index (χ0) is 21.1. The molecule has 0 bridgehead atoms. The topological polar surface area (TPSA) is 53.9 Å². The zero-order valence-corrected chi connectivity index (χ0v) is 18.4. The molecule has 0 amide bonds. The van der Waals surface area contributed by atoms with E-state index >= 15 is 0 Å². The number of esters is 1. The third-order valence-electron chi connectivity index (χ3n) is 5.67. The smallest absolute Gasteiger partial charge is 0.338 e. The molecule has 30 heavy (non-hydrogen) atoms. The average molecular weight is 442 g/mol. The van der Waals surface area contributed by atoms with Crippen LogP contribution in [0.3, 0.4) is 0 Å². The van der Waals surface area contributed by atoms with Gasteiger partial charge in [-0.05, 0) is 74.4 Å². The summed E-state index contributed by atoms with van der Waals surface area (Å²) in [5.41, 5.74) is 2.05. The van der Waals surface area contributed by atoms with Gasteiger partial charge in [-0.3, -0.25) is 0 Å². The number of nitrogens with zero attached hydrogens (tertiary/aromatic N) is 2. The molecule has 2 aromatic rings. The molecule has 2 aliphatic rings. The number of hydrogen-bond acceptors (Lipinski definition) is 4. The lowest BCUT2D eigenvalue weighted by Gasteiger charge is -2.43. The second-order valence-electron chi connectivity index (χ2n) is 7.57. The minimum atomic E-state index is -0.320. The summed E-state index contributed by atoms with van der Waals surface area (Å²) < 4.78 is 5.06. The fraction of sp³-hybridized carbons (Fsp3) is 0.348. The molecule has 0 radical (unpaired) electrons. The van der Waals surface area contributed by atoms with Gasteiger partial charge in [0.1, 0.15) is 11.4 Å². The Morgan fingerprint density at radius 1 is 1.20 bits per heavy atom. The van der Waals surface area contributed by atoms with Gasteiger partial charge in [-0.2, -0.15) is 0 Å². The zero-order valence-electron chi connectivity index (χ0n) is 16.9. The van der Waals surface area contributed by atoms with Gasteiger partial charge in [0, 0.05) is 16.4 Å². The van der Waals surface area contributed by atoms with Gasteiger partial charge in [0.15, 0.2) is 0 Å². The van der Waals surface area contributed by atoms with Crippen LogP contribution in [0.15, 0.2) is 53.5 Å². The second kappa shape index (κ2) is 8.74. The monoisotopic (exact) mass is 441 g/mol. The van der Waals surface area contributed by atoms with E-state index < -0.39 is 0 Å². The van der Waals surface area contributed by atoms with Gasteiger partial charge in [0.05, 0.1) is 12.2 Å². The Balaban J connectivity index is 1.63. The Labute approximate surface area is 187 Å². The van der Waals surface area contributed by atoms with Gasteiger partial charge in [0.2, 0.25) is 5.11 Å². The number of benzene rings is 2. The minimum Gasteiger partial charge on any atom is -0.462 e. The predicted octanol–water partition coefficient (Wildman–Crippen LogP) is 5.84. The van der Waals surface area contributed by atoms with Gasteiger partial charge in [-0.15, -0.1) is 0 Å². The summed E-state index contributed by atoms with van der Waals surface area (Å²) in [4.78, 5) is 18.8. The van der Waals surface area contributed by atoms with Crippen molar-refractivity contribution < 1.29 is 9.53 Å². The van der Waals surface area contributed by atoms with Crippen LogP contribution in [0, 0.1) is 0 Å². The first-order valence-electron chi connectivity index (χ1n) is 10.3. The number of ether oxygens (including phenoxy) is 1. The fourth-order valence-corrected chi connectivity index (χ4v) is 4.85. The molecule has 1 aliphatic heterocycles. The van der Waals surface area contributed by atoms with Crippen LogP contribution in [0.1, 0.15) is 49.4 Å². The lowest BCUT2D eigenvalue weighted by Crippen LogP contribution is -2.55. The van der Waals surface area contributed by atoms with Crippen LogP contribution >= 0.6 is 23.8 Å². The molecule has 1 heterocycles. The lowest BCUT2D eigenvalue weighted by molar-refractivity contribution is 0.0526. The molecule has 1 N–H and O–H groups in total. The summed E-state index contributed by atoms with van der Waals surface area (Å²) in [6, 6.07) is 15.0. The number of nitrogens with one attached hydrogen (secondary N) is 1. The van der Waals surface area contributed by atoms with Crippen molar-refractivity contribution >= 4 is 52.1 Å². The Morgan fingerprint density at radius 2 is 1.93 bits per heavy atom. The number of halogens is 1. The number of hydrogen-bond donors (Lipinski definition) is 1. The quantitative estimate of drug-likeness (QED) is 0.477. The summed E-state index contributed by atoms with van der Waals surface area (Å²) in [6.07, 6.45) is 5.36. The largest absolute Gasteiger partial charge is 0.462 e. The van der Waals surface area contributed by atoms with E-state index in [1.54, 1.807) is 19.1 Å². The van der Waals surface area contributed by atoms with E-state index in [4.69, 9.17) is 33.5 Å². The standard InChI is InChI=1S/C23H24ClN3O2S/c1-2-29-20(28)16-9-11-18(12-10-16)25-21-23(13-4-3-5-14-23)27(22(30)26-21)19-8-6-7-17(24)15-19/h6-12,15H,2-5,13-14H2,1H3,(H,25,26,30). The average Bonchev–Trinajstić information content (AvgIpc) is 2.99. The molecular formula is C23H24ClN3O2S. The lowest BCUT2D eigenvalue weighted by atomic mass is 9.79. The van der Waals surface area contributed by atoms with E-state index in [0.29, 0.717) is 22.3 Å². The van der Waals surface area contributed by atoms with Crippen LogP contribution in [0.5, 0.6) is 0 Å². The molecule has 2 aromatic carbocycles. The van der Waals surface area contributed by atoms with Crippen LogP contribution < -0.4 is 10.2 Å². The number of thiocarbonyl (C=S) groups is 1. The molecule has 1 aliphatic carbocycles. The third-order valence-corrected chi connectivity index (χ3v) is 6.18. The Bertz CT molecular complexity index is 984. The fourth-order valence-electron chi connectivity index (χ4n) is 4.29. The highest BCUT2D eigenvalue weighted by molar-refractivity contribution is 7.80. The second-order valence-corrected chi connectivity index (χ2v) is 8.37. The first-order valence-corrected chi connectivity index (χ1v) is 11.1. The summed E-state index contributed by atoms with van der Waals surface area (Å²) in [5.74, 6) is 0.537. The first-order chi connectivity index (χ1) is 14.5. The van der Waals surface area contributed by atoms with Gasteiger partial charge in [-0.1, -0.05) is 36.9 Å². The Kier molecular flexibility index (Phi) is 6.06. The van der Waals surface area contributed by atoms with Gasteiger partial charge >= 0.3 is 5.97 Å². The molecule has 0 saturated heterocycles. The molecule has 1 saturated carbocycles. The molecule has 4 rings (SSSR count). The summed E-state index contributed by atoms with van der Waals surface area (Å²) in [5, 5.41) is 4.70. The maximum absolute atomic E-state index is 11.9. The molecule has 7 heteroatoms. The van der Waals surface area contributed by atoms with E-state index in [2.05, 4.69) is 10.2 Å². The van der Waals surface area contributed by atoms with Crippen molar-refractivity contribution in [1.29, 1.82) is 0 Å². The predicted molar refractivity (Wildman–Crippen MR) is 126 cm³/mol. The van der Waals surface area contributed by atoms with Crippen LogP contribution in [0.4, 0.5) is 11.4 Å². The van der Waals surface area contributed by atoms with E-state index in [-0.39, 0.29) is 11.5 Å². The van der Waals surface area contributed by atoms with E-state index in [1.807, 2.05) is 36.4 Å². The molecule has 1 fully saturated rings. The van der Waals surface area contributed by atoms with Crippen LogP contribution in [0.2, 0.25) is 5.02 Å². The van der Waals surface area contributed by atoms with Crippen molar-refractivity contribution in [3.8, 4) is 0 Å². The van der Waals surface area contributed by atoms with Gasteiger partial charge in [0.25, 0.3) is 0 Å². The summed E-state index contributed by atoms with van der Waals surface area (Å²) >= 11 is 12.0. The van der Waals surface area contributed by atoms with Gasteiger partial charge in [-0.25, -0.2) is 9.79 Å². The third kappa shape index (κ3) is 3.94. The van der Waals surface area contributed by atoms with E-state index in [0.717, 1.165) is 42.9 Å². The SMILES string of the molecule is CCOC(=O)c1ccc(NC2=NC(=S)N(c3cccc(Cl)c3)C23CCCCC3)cc1. The highest BCUT2D eigenvalue weighted by Gasteiger charge is 2.49. The highest BCUT2D eigenvalue weighted by atomic mass is 35.5. The van der Waals surface area contributed by atoms with E-state index in [1.165, 1.54) is 6.42 Å². The number of aliphatic imine (C=N–C) groups is 1. The number of rotatable bonds is 4. The van der Waals surface area contributed by atoms with Crippen LogP contribution in [0.25, 0.3) is 0 Å². The maximum Gasteiger partial charge on any atom is 0.338 e. The van der Waals surface area contributed by atoms with Crippen LogP contribution in [-0.2, 0) is 4.74 Å². The summed E-state index contributed by atoms with van der Waals surface area (Å²) in [6.45, 7) is 2.15. The normalized spacial score (nSPS) is 17.7. The Morgan fingerprint density at radius 3 is 2.60 bits per heavy atom. The first kappa shape index (κ1) is 20.8. The molecular weight excluding hydrogens is 418 g/mol. The van der Waals surface area contributed by atoms with Gasteiger partial charge < -0.3 is 15.0 Å². The number of anilines is 2. The van der Waals surface area contributed by atoms with Crippen molar-refractivity contribution in [3.63, 3.8) is 0 Å². The van der Waals surface area contributed by atoms with Crippen molar-refractivity contribution in [2.75, 3.05) is 16.8 Å². The van der Waals surface area contributed by atoms with Crippen molar-refractivity contribution in [1.82, 2.24) is 0 Å². The number of carbonyl (C=O) groups is 1. The molecule has 0 aromatic heterocycles. The highest BCUT2D eigenvalue weighted by Crippen LogP contribution is 2.42. The number of carbonyl (C=O) groups excluding carboxylic acids is 1. The molecule has 1 spiro atoms. The van der Waals surface area contributed by atoms with Crippen molar-refractivity contribution in [2.45, 2.75) is 44.6 Å².